The fraction of sp³-hybridized carbons (Fsp3) is 0.412. The average Bonchev–Trinajstić information content (AvgIpc) is 2.58. The van der Waals surface area contributed by atoms with Crippen LogP contribution < -0.4 is 14.8 Å². The zero-order chi connectivity index (χ0) is 17.6. The molecule has 0 aliphatic rings. The van der Waals surface area contributed by atoms with Gasteiger partial charge in [0, 0.05) is 17.5 Å². The Bertz CT molecular complexity index is 609. The highest BCUT2D eigenvalue weighted by molar-refractivity contribution is 6.09. The largest absolute Gasteiger partial charge is 0.493 e. The van der Waals surface area contributed by atoms with Crippen LogP contribution in [-0.2, 0) is 9.53 Å². The van der Waals surface area contributed by atoms with Crippen molar-refractivity contribution in [1.82, 2.24) is 0 Å². The van der Waals surface area contributed by atoms with E-state index < -0.39 is 5.91 Å². The number of methoxy groups -OCH3 is 3. The lowest BCUT2D eigenvalue weighted by atomic mass is 9.95. The van der Waals surface area contributed by atoms with Crippen LogP contribution in [0.1, 0.15) is 30.6 Å². The molecule has 23 heavy (non-hydrogen) atoms. The van der Waals surface area contributed by atoms with Gasteiger partial charge in [-0.2, -0.15) is 0 Å². The summed E-state index contributed by atoms with van der Waals surface area (Å²) in [4.78, 5) is 24.6. The van der Waals surface area contributed by atoms with Crippen molar-refractivity contribution in [3.8, 4) is 11.5 Å². The SMILES string of the molecule is C=C(OC)C(=O)Nc1cc(OC)c(OC)cc1C(=O)C(C)CC. The van der Waals surface area contributed by atoms with Crippen molar-refractivity contribution in [1.29, 1.82) is 0 Å². The monoisotopic (exact) mass is 321 g/mol. The minimum atomic E-state index is -0.530. The van der Waals surface area contributed by atoms with E-state index in [0.29, 0.717) is 29.2 Å². The second-order valence-corrected chi connectivity index (χ2v) is 5.01. The number of hydrogen-bond acceptors (Lipinski definition) is 5. The highest BCUT2D eigenvalue weighted by Crippen LogP contribution is 2.35. The van der Waals surface area contributed by atoms with Crippen LogP contribution in [0.25, 0.3) is 0 Å². The number of carbonyl (C=O) groups is 2. The molecule has 1 aromatic carbocycles. The van der Waals surface area contributed by atoms with Gasteiger partial charge in [0.25, 0.3) is 5.91 Å². The molecule has 1 unspecified atom stereocenters. The number of hydrogen-bond donors (Lipinski definition) is 1. The minimum Gasteiger partial charge on any atom is -0.493 e. The van der Waals surface area contributed by atoms with Gasteiger partial charge in [0.1, 0.15) is 0 Å². The van der Waals surface area contributed by atoms with Crippen LogP contribution >= 0.6 is 0 Å². The maximum atomic E-state index is 12.6. The predicted octanol–water partition coefficient (Wildman–Crippen LogP) is 3.03. The van der Waals surface area contributed by atoms with Gasteiger partial charge in [-0.1, -0.05) is 20.4 Å². The molecule has 0 aromatic heterocycles. The number of anilines is 1. The van der Waals surface area contributed by atoms with Crippen LogP contribution in [0.2, 0.25) is 0 Å². The Balaban J connectivity index is 3.36. The third-order valence-corrected chi connectivity index (χ3v) is 3.60. The summed E-state index contributed by atoms with van der Waals surface area (Å²) in [7, 11) is 4.32. The topological polar surface area (TPSA) is 73.9 Å². The number of carbonyl (C=O) groups excluding carboxylic acids is 2. The van der Waals surface area contributed by atoms with Gasteiger partial charge in [0.2, 0.25) is 0 Å². The van der Waals surface area contributed by atoms with Gasteiger partial charge in [0.05, 0.1) is 27.0 Å². The van der Waals surface area contributed by atoms with E-state index in [9.17, 15) is 9.59 Å². The number of nitrogens with one attached hydrogen (secondary N) is 1. The normalized spacial score (nSPS) is 11.3. The van der Waals surface area contributed by atoms with Gasteiger partial charge < -0.3 is 19.5 Å². The third kappa shape index (κ3) is 4.25. The lowest BCUT2D eigenvalue weighted by Gasteiger charge is -2.17. The number of Topliss-reactive ketones (excluding diaryl/α,β-unsaturated/α-hetero) is 1. The Morgan fingerprint density at radius 1 is 1.17 bits per heavy atom. The van der Waals surface area contributed by atoms with Crippen molar-refractivity contribution in [2.75, 3.05) is 26.6 Å². The molecule has 0 saturated heterocycles. The summed E-state index contributed by atoms with van der Waals surface area (Å²) >= 11 is 0. The number of amides is 1. The molecule has 0 fully saturated rings. The quantitative estimate of drug-likeness (QED) is 0.452. The summed E-state index contributed by atoms with van der Waals surface area (Å²) in [5.41, 5.74) is 0.686. The first kappa shape index (κ1) is 18.5. The highest BCUT2D eigenvalue weighted by Gasteiger charge is 2.22. The molecular weight excluding hydrogens is 298 g/mol. The minimum absolute atomic E-state index is 0.0540. The first-order chi connectivity index (χ1) is 10.9. The molecule has 6 nitrogen and oxygen atoms in total. The average molecular weight is 321 g/mol. The summed E-state index contributed by atoms with van der Waals surface area (Å²) in [5, 5.41) is 2.63. The molecule has 1 N–H and O–H groups in total. The van der Waals surface area contributed by atoms with Gasteiger partial charge >= 0.3 is 0 Å². The van der Waals surface area contributed by atoms with Gasteiger partial charge in [-0.05, 0) is 12.5 Å². The van der Waals surface area contributed by atoms with E-state index in [0.717, 1.165) is 0 Å². The van der Waals surface area contributed by atoms with E-state index in [1.165, 1.54) is 21.3 Å². The van der Waals surface area contributed by atoms with Gasteiger partial charge in [-0.25, -0.2) is 0 Å². The zero-order valence-electron chi connectivity index (χ0n) is 14.2. The van der Waals surface area contributed by atoms with E-state index >= 15 is 0 Å². The maximum Gasteiger partial charge on any atom is 0.290 e. The van der Waals surface area contributed by atoms with Crippen molar-refractivity contribution < 1.29 is 23.8 Å². The van der Waals surface area contributed by atoms with Crippen molar-refractivity contribution >= 4 is 17.4 Å². The van der Waals surface area contributed by atoms with E-state index in [-0.39, 0.29) is 17.5 Å². The molecule has 0 spiro atoms. The molecule has 0 radical (unpaired) electrons. The Hall–Kier alpha value is -2.50. The highest BCUT2D eigenvalue weighted by atomic mass is 16.5. The summed E-state index contributed by atoms with van der Waals surface area (Å²) in [6.45, 7) is 7.25. The number of ketones is 1. The summed E-state index contributed by atoms with van der Waals surface area (Å²) < 4.78 is 15.3. The molecule has 1 atom stereocenters. The molecule has 1 rings (SSSR count). The molecular formula is C17H23NO5. The van der Waals surface area contributed by atoms with Crippen molar-refractivity contribution in [2.24, 2.45) is 5.92 Å². The molecule has 0 aliphatic carbocycles. The Morgan fingerprint density at radius 2 is 1.74 bits per heavy atom. The standard InChI is InChI=1S/C17H23NO5/c1-7-10(2)16(19)12-8-14(22-5)15(23-6)9-13(12)18-17(20)11(3)21-4/h8-10H,3,7H2,1-2,4-6H3,(H,18,20). The summed E-state index contributed by atoms with van der Waals surface area (Å²) in [6.07, 6.45) is 0.686. The van der Waals surface area contributed by atoms with Gasteiger partial charge in [-0.15, -0.1) is 0 Å². The predicted molar refractivity (Wildman–Crippen MR) is 88.1 cm³/mol. The van der Waals surface area contributed by atoms with E-state index in [1.54, 1.807) is 12.1 Å². The second-order valence-electron chi connectivity index (χ2n) is 5.01. The summed E-state index contributed by atoms with van der Waals surface area (Å²) in [5.74, 6) is -0.0324. The van der Waals surface area contributed by atoms with E-state index in [4.69, 9.17) is 14.2 Å². The number of benzene rings is 1. The smallest absolute Gasteiger partial charge is 0.290 e. The van der Waals surface area contributed by atoms with Gasteiger partial charge in [-0.3, -0.25) is 9.59 Å². The molecule has 6 heteroatoms. The molecule has 0 heterocycles. The first-order valence-electron chi connectivity index (χ1n) is 7.24. The van der Waals surface area contributed by atoms with Crippen molar-refractivity contribution in [2.45, 2.75) is 20.3 Å². The van der Waals surface area contributed by atoms with E-state index in [2.05, 4.69) is 11.9 Å². The first-order valence-corrected chi connectivity index (χ1v) is 7.24. The van der Waals surface area contributed by atoms with Crippen LogP contribution in [0.15, 0.2) is 24.5 Å². The zero-order valence-corrected chi connectivity index (χ0v) is 14.2. The van der Waals surface area contributed by atoms with Crippen LogP contribution in [-0.4, -0.2) is 33.0 Å². The van der Waals surface area contributed by atoms with Gasteiger partial charge in [0.15, 0.2) is 23.0 Å². The second kappa shape index (κ2) is 8.22. The Labute approximate surface area is 136 Å². The van der Waals surface area contributed by atoms with Crippen LogP contribution in [0.4, 0.5) is 5.69 Å². The number of rotatable bonds is 8. The molecule has 1 aromatic rings. The molecule has 1 amide bonds. The van der Waals surface area contributed by atoms with Crippen LogP contribution in [0.5, 0.6) is 11.5 Å². The maximum absolute atomic E-state index is 12.6. The summed E-state index contributed by atoms with van der Waals surface area (Å²) in [6, 6.07) is 3.12. The van der Waals surface area contributed by atoms with E-state index in [1.807, 2.05) is 13.8 Å². The van der Waals surface area contributed by atoms with Crippen LogP contribution in [0, 0.1) is 5.92 Å². The molecule has 0 bridgehead atoms. The number of ether oxygens (including phenoxy) is 3. The molecule has 0 saturated carbocycles. The third-order valence-electron chi connectivity index (χ3n) is 3.60. The van der Waals surface area contributed by atoms with Crippen molar-refractivity contribution in [3.63, 3.8) is 0 Å². The molecule has 0 aliphatic heterocycles. The molecule has 126 valence electrons. The lowest BCUT2D eigenvalue weighted by molar-refractivity contribution is -0.115. The fourth-order valence-electron chi connectivity index (χ4n) is 1.92. The Kier molecular flexibility index (Phi) is 6.63. The Morgan fingerprint density at radius 3 is 2.22 bits per heavy atom. The fourth-order valence-corrected chi connectivity index (χ4v) is 1.92. The van der Waals surface area contributed by atoms with Crippen LogP contribution in [0.3, 0.4) is 0 Å². The lowest BCUT2D eigenvalue weighted by Crippen LogP contribution is -2.19. The van der Waals surface area contributed by atoms with Crippen molar-refractivity contribution in [3.05, 3.63) is 30.0 Å².